The lowest BCUT2D eigenvalue weighted by Crippen LogP contribution is -2.22. The van der Waals surface area contributed by atoms with Gasteiger partial charge >= 0.3 is 0 Å². The van der Waals surface area contributed by atoms with Gasteiger partial charge in [0.1, 0.15) is 34.6 Å². The Labute approximate surface area is 203 Å². The van der Waals surface area contributed by atoms with E-state index in [1.807, 2.05) is 13.8 Å². The molecular weight excluding hydrogens is 510 g/mol. The van der Waals surface area contributed by atoms with E-state index in [9.17, 15) is 4.79 Å². The quantitative estimate of drug-likeness (QED) is 0.329. The number of aromatic nitrogens is 5. The molecule has 0 bridgehead atoms. The first-order valence-electron chi connectivity index (χ1n) is 10.2. The summed E-state index contributed by atoms with van der Waals surface area (Å²) >= 11 is 9.83. The molecule has 0 aliphatic heterocycles. The van der Waals surface area contributed by atoms with E-state index >= 15 is 0 Å². The highest BCUT2D eigenvalue weighted by Gasteiger charge is 2.18. The van der Waals surface area contributed by atoms with Crippen molar-refractivity contribution in [3.05, 3.63) is 79.8 Å². The van der Waals surface area contributed by atoms with Gasteiger partial charge in [-0.3, -0.25) is 14.3 Å². The van der Waals surface area contributed by atoms with Crippen molar-refractivity contribution in [2.75, 3.05) is 0 Å². The average molecular weight is 531 g/mol. The second-order valence-corrected chi connectivity index (χ2v) is 8.93. The summed E-state index contributed by atoms with van der Waals surface area (Å²) in [7, 11) is 0. The summed E-state index contributed by atoms with van der Waals surface area (Å²) in [5.41, 5.74) is 2.69. The first-order valence-corrected chi connectivity index (χ1v) is 11.4. The molecule has 0 aliphatic rings. The molecule has 33 heavy (non-hydrogen) atoms. The molecule has 0 N–H and O–H groups in total. The van der Waals surface area contributed by atoms with Gasteiger partial charge in [0.05, 0.1) is 22.1 Å². The summed E-state index contributed by atoms with van der Waals surface area (Å²) in [5.74, 6) is 1.83. The topological polar surface area (TPSA) is 95.9 Å². The summed E-state index contributed by atoms with van der Waals surface area (Å²) in [4.78, 5) is 30.8. The number of halogens is 2. The normalized spacial score (nSPS) is 11.2. The van der Waals surface area contributed by atoms with E-state index < -0.39 is 0 Å². The van der Waals surface area contributed by atoms with Crippen LogP contribution in [0.2, 0.25) is 5.02 Å². The van der Waals surface area contributed by atoms with Gasteiger partial charge in [0.15, 0.2) is 5.89 Å². The lowest BCUT2D eigenvalue weighted by atomic mass is 10.2. The maximum Gasteiger partial charge on any atom is 0.273 e. The Morgan fingerprint density at radius 3 is 2.67 bits per heavy atom. The van der Waals surface area contributed by atoms with Crippen LogP contribution in [-0.2, 0) is 6.61 Å². The van der Waals surface area contributed by atoms with Crippen molar-refractivity contribution in [1.82, 2.24) is 24.5 Å². The van der Waals surface area contributed by atoms with Gasteiger partial charge in [0, 0.05) is 37.0 Å². The van der Waals surface area contributed by atoms with Crippen LogP contribution in [-0.4, -0.2) is 24.5 Å². The lowest BCUT2D eigenvalue weighted by molar-refractivity contribution is 0.297. The predicted octanol–water partition coefficient (Wildman–Crippen LogP) is 5.41. The molecule has 0 saturated heterocycles. The molecule has 170 valence electrons. The Hall–Kier alpha value is -3.04. The minimum atomic E-state index is -0.314. The first-order chi connectivity index (χ1) is 15.7. The Morgan fingerprint density at radius 2 is 1.97 bits per heavy atom. The third-order valence-electron chi connectivity index (χ3n) is 4.87. The van der Waals surface area contributed by atoms with Gasteiger partial charge in [0.25, 0.3) is 5.56 Å². The molecule has 0 amide bonds. The fourth-order valence-corrected chi connectivity index (χ4v) is 3.84. The highest BCUT2D eigenvalue weighted by Crippen LogP contribution is 2.29. The van der Waals surface area contributed by atoms with Crippen molar-refractivity contribution in [2.24, 2.45) is 0 Å². The molecule has 0 saturated carbocycles. The molecule has 0 unspecified atom stereocenters. The third-order valence-corrected chi connectivity index (χ3v) is 5.89. The van der Waals surface area contributed by atoms with Gasteiger partial charge in [-0.05, 0) is 35.0 Å². The maximum absolute atomic E-state index is 13.3. The monoisotopic (exact) mass is 529 g/mol. The summed E-state index contributed by atoms with van der Waals surface area (Å²) in [6, 6.07) is 5.28. The second kappa shape index (κ2) is 9.44. The molecule has 8 nitrogen and oxygen atoms in total. The summed E-state index contributed by atoms with van der Waals surface area (Å²) in [6.07, 6.45) is 4.73. The number of hydrogen-bond acceptors (Lipinski definition) is 7. The van der Waals surface area contributed by atoms with Gasteiger partial charge in [-0.2, -0.15) is 0 Å². The van der Waals surface area contributed by atoms with Gasteiger partial charge < -0.3 is 9.15 Å². The van der Waals surface area contributed by atoms with E-state index in [1.165, 1.54) is 17.0 Å². The second-order valence-electron chi connectivity index (χ2n) is 7.73. The van der Waals surface area contributed by atoms with Crippen LogP contribution < -0.4 is 10.3 Å². The molecule has 10 heteroatoms. The minimum Gasteiger partial charge on any atom is -0.486 e. The zero-order valence-electron chi connectivity index (χ0n) is 18.5. The molecule has 0 radical (unpaired) electrons. The fraction of sp³-hybridized carbons (Fsp3) is 0.261. The van der Waals surface area contributed by atoms with Gasteiger partial charge in [0.2, 0.25) is 0 Å². The Kier molecular flexibility index (Phi) is 6.62. The molecule has 4 aromatic heterocycles. The van der Waals surface area contributed by atoms with E-state index in [0.717, 1.165) is 0 Å². The van der Waals surface area contributed by atoms with Crippen LogP contribution in [0.1, 0.15) is 42.9 Å². The van der Waals surface area contributed by atoms with Crippen LogP contribution in [0.3, 0.4) is 0 Å². The van der Waals surface area contributed by atoms with E-state index in [2.05, 4.69) is 35.9 Å². The number of pyridine rings is 2. The maximum atomic E-state index is 13.3. The Bertz CT molecular complexity index is 1380. The highest BCUT2D eigenvalue weighted by atomic mass is 79.9. The number of rotatable bonds is 6. The molecule has 0 spiro atoms. The van der Waals surface area contributed by atoms with Crippen LogP contribution in [0.25, 0.3) is 17.1 Å². The molecule has 4 heterocycles. The molecular formula is C23H21BrClN5O3. The van der Waals surface area contributed by atoms with Crippen molar-refractivity contribution >= 4 is 27.5 Å². The number of nitrogens with zero attached hydrogens (tertiary/aromatic N) is 5. The molecule has 0 aromatic carbocycles. The zero-order valence-corrected chi connectivity index (χ0v) is 20.8. The first kappa shape index (κ1) is 23.1. The largest absolute Gasteiger partial charge is 0.486 e. The van der Waals surface area contributed by atoms with Crippen LogP contribution in [0.4, 0.5) is 0 Å². The number of ether oxygens (including phenoxy) is 1. The minimum absolute atomic E-state index is 0.172. The number of oxazole rings is 1. The predicted molar refractivity (Wildman–Crippen MR) is 128 cm³/mol. The van der Waals surface area contributed by atoms with Crippen molar-refractivity contribution in [3.63, 3.8) is 0 Å². The van der Waals surface area contributed by atoms with Crippen LogP contribution in [0, 0.1) is 13.8 Å². The van der Waals surface area contributed by atoms with Crippen LogP contribution in [0.5, 0.6) is 5.75 Å². The van der Waals surface area contributed by atoms with Crippen LogP contribution >= 0.6 is 27.5 Å². The average Bonchev–Trinajstić information content (AvgIpc) is 3.21. The molecule has 0 atom stereocenters. The smallest absolute Gasteiger partial charge is 0.273 e. The standard InChI is InChI=1S/C23H21BrClN5O3/c1-12(2)22-26-6-5-17(29-22)18-8-19(16(25)9-27-18)30-13(3)7-20(21(24)23(30)31)33-11-15-10-32-14(4)28-15/h5-10,12H,11H2,1-4H3. The van der Waals surface area contributed by atoms with E-state index in [1.54, 1.807) is 38.2 Å². The van der Waals surface area contributed by atoms with Gasteiger partial charge in [-0.25, -0.2) is 15.0 Å². The molecule has 0 aliphatic carbocycles. The molecule has 4 aromatic rings. The fourth-order valence-electron chi connectivity index (χ4n) is 3.25. The summed E-state index contributed by atoms with van der Waals surface area (Å²) in [5, 5.41) is 0.334. The summed E-state index contributed by atoms with van der Waals surface area (Å²) < 4.78 is 12.8. The highest BCUT2D eigenvalue weighted by molar-refractivity contribution is 9.10. The molecule has 4 rings (SSSR count). The van der Waals surface area contributed by atoms with E-state index in [0.29, 0.717) is 51.0 Å². The van der Waals surface area contributed by atoms with Crippen molar-refractivity contribution < 1.29 is 9.15 Å². The Balaban J connectivity index is 1.73. The Morgan fingerprint density at radius 1 is 1.18 bits per heavy atom. The summed E-state index contributed by atoms with van der Waals surface area (Å²) in [6.45, 7) is 7.77. The van der Waals surface area contributed by atoms with Crippen molar-refractivity contribution in [2.45, 2.75) is 40.2 Å². The van der Waals surface area contributed by atoms with Crippen molar-refractivity contribution in [3.8, 4) is 22.8 Å². The third kappa shape index (κ3) is 4.84. The lowest BCUT2D eigenvalue weighted by Gasteiger charge is -2.16. The zero-order chi connectivity index (χ0) is 23.7. The van der Waals surface area contributed by atoms with E-state index in [4.69, 9.17) is 20.8 Å². The molecule has 0 fully saturated rings. The van der Waals surface area contributed by atoms with Gasteiger partial charge in [-0.1, -0.05) is 25.4 Å². The SMILES string of the molecule is Cc1nc(COc2cc(C)n(-c3cc(-c4ccnc(C(C)C)n4)ncc3Cl)c(=O)c2Br)co1. The number of aryl methyl sites for hydroxylation is 2. The van der Waals surface area contributed by atoms with Crippen LogP contribution in [0.15, 0.2) is 50.5 Å². The number of hydrogen-bond donors (Lipinski definition) is 0. The van der Waals surface area contributed by atoms with Gasteiger partial charge in [-0.15, -0.1) is 0 Å². The van der Waals surface area contributed by atoms with Crippen molar-refractivity contribution in [1.29, 1.82) is 0 Å². The van der Waals surface area contributed by atoms with E-state index in [-0.39, 0.29) is 22.6 Å².